The number of hydrogen-bond donors (Lipinski definition) is 0. The Morgan fingerprint density at radius 1 is 1.22 bits per heavy atom. The molecule has 2 rings (SSSR count). The zero-order chi connectivity index (χ0) is 13.6. The normalized spacial score (nSPS) is 21.3. The summed E-state index contributed by atoms with van der Waals surface area (Å²) < 4.78 is 13.0. The van der Waals surface area contributed by atoms with Gasteiger partial charge >= 0.3 is 7.12 Å². The molecule has 3 nitrogen and oxygen atoms in total. The van der Waals surface area contributed by atoms with Crippen LogP contribution < -0.4 is 4.78 Å². The molecule has 0 atom stereocenters. The molecule has 18 heavy (non-hydrogen) atoms. The van der Waals surface area contributed by atoms with E-state index in [2.05, 4.69) is 0 Å². The minimum absolute atomic E-state index is 0.178. The lowest BCUT2D eigenvalue weighted by molar-refractivity contribution is -0.116. The molecule has 1 saturated heterocycles. The van der Waals surface area contributed by atoms with E-state index in [1.165, 1.54) is 0 Å². The van der Waals surface area contributed by atoms with Crippen LogP contribution in [0.2, 0.25) is 0 Å². The van der Waals surface area contributed by atoms with Gasteiger partial charge in [0.1, 0.15) is 5.78 Å². The van der Waals surface area contributed by atoms with Crippen molar-refractivity contribution in [2.24, 2.45) is 0 Å². The number of carbonyl (C=O) groups is 1. The van der Waals surface area contributed by atoms with Gasteiger partial charge < -0.3 is 9.31 Å². The summed E-state index contributed by atoms with van der Waals surface area (Å²) in [4.78, 5) is 12.2. The third-order valence-electron chi connectivity index (χ3n) is 3.59. The molecular weight excluding hydrogens is 247 g/mol. The molecule has 1 aromatic heterocycles. The van der Waals surface area contributed by atoms with Gasteiger partial charge in [0.25, 0.3) is 0 Å². The summed E-state index contributed by atoms with van der Waals surface area (Å²) in [7, 11) is -0.319. The molecule has 0 aromatic carbocycles. The van der Waals surface area contributed by atoms with Crippen LogP contribution in [0, 0.1) is 0 Å². The average Bonchev–Trinajstić information content (AvgIpc) is 2.70. The predicted molar refractivity (Wildman–Crippen MR) is 74.4 cm³/mol. The van der Waals surface area contributed by atoms with E-state index in [1.54, 1.807) is 18.3 Å². The van der Waals surface area contributed by atoms with E-state index in [-0.39, 0.29) is 24.1 Å². The molecular formula is C13H19BO3S. The Morgan fingerprint density at radius 2 is 1.78 bits per heavy atom. The lowest BCUT2D eigenvalue weighted by Gasteiger charge is -2.32. The molecule has 2 heterocycles. The molecule has 5 heteroatoms. The van der Waals surface area contributed by atoms with Crippen molar-refractivity contribution in [2.45, 2.75) is 52.2 Å². The fourth-order valence-electron chi connectivity index (χ4n) is 1.82. The zero-order valence-corrected chi connectivity index (χ0v) is 12.4. The van der Waals surface area contributed by atoms with Crippen molar-refractivity contribution in [1.82, 2.24) is 0 Å². The van der Waals surface area contributed by atoms with E-state index >= 15 is 0 Å². The first-order valence-corrected chi connectivity index (χ1v) is 6.96. The molecule has 0 unspecified atom stereocenters. The SMILES string of the molecule is CC(=O)Cc1ccc(B2OC(C)(C)C(C)(C)O2)s1. The van der Waals surface area contributed by atoms with Crippen molar-refractivity contribution in [3.63, 3.8) is 0 Å². The van der Waals surface area contributed by atoms with Crippen LogP contribution >= 0.6 is 11.3 Å². The number of thiophene rings is 1. The maximum Gasteiger partial charge on any atom is 0.505 e. The van der Waals surface area contributed by atoms with Gasteiger partial charge in [0.2, 0.25) is 0 Å². The standard InChI is InChI=1S/C13H19BO3S/c1-9(15)8-10-6-7-11(18-10)14-16-12(2,3)13(4,5)17-14/h6-7H,8H2,1-5H3. The number of ketones is 1. The summed E-state index contributed by atoms with van der Waals surface area (Å²) in [5, 5.41) is 0. The van der Waals surface area contributed by atoms with E-state index in [0.717, 1.165) is 9.65 Å². The highest BCUT2D eigenvalue weighted by atomic mass is 32.1. The second-order valence-corrected chi connectivity index (χ2v) is 6.97. The minimum Gasteiger partial charge on any atom is -0.399 e. The molecule has 0 spiro atoms. The summed E-state index contributed by atoms with van der Waals surface area (Å²) >= 11 is 1.59. The van der Waals surface area contributed by atoms with Crippen LogP contribution in [0.4, 0.5) is 0 Å². The Balaban J connectivity index is 2.15. The molecule has 0 bridgehead atoms. The summed E-state index contributed by atoms with van der Waals surface area (Å²) in [6.07, 6.45) is 0.490. The zero-order valence-electron chi connectivity index (χ0n) is 11.6. The quantitative estimate of drug-likeness (QED) is 0.787. The van der Waals surface area contributed by atoms with Crippen molar-refractivity contribution in [2.75, 3.05) is 0 Å². The van der Waals surface area contributed by atoms with E-state index in [4.69, 9.17) is 9.31 Å². The van der Waals surface area contributed by atoms with Gasteiger partial charge in [-0.2, -0.15) is 0 Å². The molecule has 1 aliphatic heterocycles. The number of hydrogen-bond acceptors (Lipinski definition) is 4. The maximum absolute atomic E-state index is 11.1. The molecule has 1 fully saturated rings. The molecule has 0 aliphatic carbocycles. The van der Waals surface area contributed by atoms with Gasteiger partial charge in [-0.25, -0.2) is 0 Å². The van der Waals surface area contributed by atoms with E-state index in [0.29, 0.717) is 6.42 Å². The lowest BCUT2D eigenvalue weighted by Crippen LogP contribution is -2.41. The predicted octanol–water partition coefficient (Wildman–Crippen LogP) is 2.18. The van der Waals surface area contributed by atoms with Gasteiger partial charge in [0.15, 0.2) is 0 Å². The van der Waals surface area contributed by atoms with Gasteiger partial charge in [-0.15, -0.1) is 11.3 Å². The number of carbonyl (C=O) groups excluding carboxylic acids is 1. The highest BCUT2D eigenvalue weighted by molar-refractivity contribution is 7.22. The molecule has 1 aromatic rings. The van der Waals surface area contributed by atoms with Crippen molar-refractivity contribution in [1.29, 1.82) is 0 Å². The van der Waals surface area contributed by atoms with E-state index in [1.807, 2.05) is 39.8 Å². The molecule has 1 aliphatic rings. The third-order valence-corrected chi connectivity index (χ3v) is 4.70. The Labute approximate surface area is 113 Å². The topological polar surface area (TPSA) is 35.5 Å². The van der Waals surface area contributed by atoms with Crippen LogP contribution in [0.15, 0.2) is 12.1 Å². The van der Waals surface area contributed by atoms with Crippen LogP contribution in [-0.4, -0.2) is 24.1 Å². The van der Waals surface area contributed by atoms with Crippen molar-refractivity contribution < 1.29 is 14.1 Å². The fourth-order valence-corrected chi connectivity index (χ4v) is 2.86. The van der Waals surface area contributed by atoms with Crippen LogP contribution in [0.1, 0.15) is 39.5 Å². The van der Waals surface area contributed by atoms with Gasteiger partial charge in [0.05, 0.1) is 11.2 Å². The monoisotopic (exact) mass is 266 g/mol. The van der Waals surface area contributed by atoms with Crippen LogP contribution in [0.25, 0.3) is 0 Å². The number of rotatable bonds is 3. The lowest BCUT2D eigenvalue weighted by atomic mass is 9.88. The van der Waals surface area contributed by atoms with E-state index in [9.17, 15) is 4.79 Å². The van der Waals surface area contributed by atoms with Crippen molar-refractivity contribution >= 4 is 29.0 Å². The second-order valence-electron chi connectivity index (χ2n) is 5.77. The average molecular weight is 266 g/mol. The Bertz CT molecular complexity index is 449. The Kier molecular flexibility index (Phi) is 3.43. The first-order valence-electron chi connectivity index (χ1n) is 6.15. The van der Waals surface area contributed by atoms with Gasteiger partial charge in [-0.3, -0.25) is 4.79 Å². The molecule has 0 saturated carbocycles. The van der Waals surface area contributed by atoms with Gasteiger partial charge in [-0.05, 0) is 40.7 Å². The highest BCUT2D eigenvalue weighted by Crippen LogP contribution is 2.36. The van der Waals surface area contributed by atoms with Gasteiger partial charge in [-0.1, -0.05) is 6.07 Å². The first kappa shape index (κ1) is 13.8. The molecule has 0 amide bonds. The Hall–Kier alpha value is -0.645. The smallest absolute Gasteiger partial charge is 0.399 e. The second kappa shape index (κ2) is 4.47. The van der Waals surface area contributed by atoms with Crippen LogP contribution in [0.5, 0.6) is 0 Å². The summed E-state index contributed by atoms with van der Waals surface area (Å²) in [5.74, 6) is 0.178. The molecule has 0 N–H and O–H groups in total. The summed E-state index contributed by atoms with van der Waals surface area (Å²) in [6, 6.07) is 3.97. The van der Waals surface area contributed by atoms with Crippen LogP contribution in [-0.2, 0) is 20.5 Å². The van der Waals surface area contributed by atoms with E-state index < -0.39 is 0 Å². The largest absolute Gasteiger partial charge is 0.505 e. The van der Waals surface area contributed by atoms with Crippen molar-refractivity contribution in [3.8, 4) is 0 Å². The third kappa shape index (κ3) is 2.53. The van der Waals surface area contributed by atoms with Crippen LogP contribution in [0.3, 0.4) is 0 Å². The summed E-state index contributed by atoms with van der Waals surface area (Å²) in [6.45, 7) is 9.76. The number of Topliss-reactive ketones (excluding diaryl/α,β-unsaturated/α-hetero) is 1. The highest BCUT2D eigenvalue weighted by Gasteiger charge is 2.52. The van der Waals surface area contributed by atoms with Gasteiger partial charge in [0, 0.05) is 16.1 Å². The summed E-state index contributed by atoms with van der Waals surface area (Å²) in [5.41, 5.74) is -0.634. The first-order chi connectivity index (χ1) is 8.21. The maximum atomic E-state index is 11.1. The fraction of sp³-hybridized carbons (Fsp3) is 0.615. The minimum atomic E-state index is -0.319. The molecule has 98 valence electrons. The Morgan fingerprint density at radius 3 is 2.28 bits per heavy atom. The molecule has 0 radical (unpaired) electrons. The van der Waals surface area contributed by atoms with Crippen molar-refractivity contribution in [3.05, 3.63) is 17.0 Å².